The van der Waals surface area contributed by atoms with E-state index in [1.54, 1.807) is 36.4 Å². The number of pyridine rings is 1. The summed E-state index contributed by atoms with van der Waals surface area (Å²) < 4.78 is 7.28. The second-order valence-corrected chi connectivity index (χ2v) is 10.1. The summed E-state index contributed by atoms with van der Waals surface area (Å²) >= 11 is 8.11. The molecule has 7 nitrogen and oxygen atoms in total. The maximum Gasteiger partial charge on any atom is 0.264 e. The maximum atomic E-state index is 13.1. The fraction of sp³-hybridized carbons (Fsp3) is 0.375. The minimum Gasteiger partial charge on any atom is -0.479 e. The van der Waals surface area contributed by atoms with Crippen LogP contribution in [0.25, 0.3) is 21.3 Å². The zero-order valence-corrected chi connectivity index (χ0v) is 20.1. The maximum absolute atomic E-state index is 13.1. The van der Waals surface area contributed by atoms with Gasteiger partial charge in [0.2, 0.25) is 5.91 Å². The quantitative estimate of drug-likeness (QED) is 0.614. The number of piperazine rings is 1. The summed E-state index contributed by atoms with van der Waals surface area (Å²) in [5, 5.41) is 3.89. The molecule has 1 fully saturated rings. The first-order chi connectivity index (χ1) is 15.9. The number of nitrogens with zero attached hydrogens (tertiary/aromatic N) is 3. The van der Waals surface area contributed by atoms with Crippen molar-refractivity contribution in [2.24, 2.45) is 0 Å². The minimum atomic E-state index is -0.532. The molecule has 0 saturated carbocycles. The number of thiophene rings is 1. The van der Waals surface area contributed by atoms with E-state index in [2.05, 4.69) is 10.3 Å². The molecule has 2 amide bonds. The van der Waals surface area contributed by atoms with Crippen LogP contribution in [0.3, 0.4) is 0 Å². The summed E-state index contributed by atoms with van der Waals surface area (Å²) in [4.78, 5) is 33.9. The zero-order chi connectivity index (χ0) is 23.1. The largest absolute Gasteiger partial charge is 0.479 e. The van der Waals surface area contributed by atoms with Gasteiger partial charge < -0.3 is 19.9 Å². The Balaban J connectivity index is 1.50. The Morgan fingerprint density at radius 3 is 2.82 bits per heavy atom. The lowest BCUT2D eigenvalue weighted by Crippen LogP contribution is -2.50. The van der Waals surface area contributed by atoms with Crippen molar-refractivity contribution in [1.82, 2.24) is 20.1 Å². The number of benzene rings is 1. The van der Waals surface area contributed by atoms with Gasteiger partial charge in [-0.3, -0.25) is 14.6 Å². The van der Waals surface area contributed by atoms with E-state index >= 15 is 0 Å². The van der Waals surface area contributed by atoms with Crippen molar-refractivity contribution in [2.75, 3.05) is 33.2 Å². The van der Waals surface area contributed by atoms with Crippen LogP contribution in [0.1, 0.15) is 17.4 Å². The van der Waals surface area contributed by atoms with E-state index in [1.165, 1.54) is 0 Å². The Morgan fingerprint density at radius 1 is 1.27 bits per heavy atom. The second-order valence-electron chi connectivity index (χ2n) is 8.49. The van der Waals surface area contributed by atoms with Crippen molar-refractivity contribution in [3.8, 4) is 16.9 Å². The molecule has 33 heavy (non-hydrogen) atoms. The van der Waals surface area contributed by atoms with E-state index in [0.29, 0.717) is 31.1 Å². The van der Waals surface area contributed by atoms with Gasteiger partial charge in [0.05, 0.1) is 16.8 Å². The highest BCUT2D eigenvalue weighted by molar-refractivity contribution is 7.19. The summed E-state index contributed by atoms with van der Waals surface area (Å²) in [6, 6.07) is 7.77. The van der Waals surface area contributed by atoms with Gasteiger partial charge in [-0.2, -0.15) is 0 Å². The highest BCUT2D eigenvalue weighted by Crippen LogP contribution is 2.44. The molecule has 1 N–H and O–H groups in total. The third-order valence-electron chi connectivity index (χ3n) is 6.18. The lowest BCUT2D eigenvalue weighted by molar-refractivity contribution is -0.138. The van der Waals surface area contributed by atoms with Crippen molar-refractivity contribution in [1.29, 1.82) is 0 Å². The first-order valence-electron chi connectivity index (χ1n) is 11.0. The average molecular weight is 485 g/mol. The van der Waals surface area contributed by atoms with Gasteiger partial charge in [0, 0.05) is 79.4 Å². The molecule has 3 aromatic rings. The number of ether oxygens (including phenoxy) is 1. The van der Waals surface area contributed by atoms with Crippen molar-refractivity contribution in [3.05, 3.63) is 45.9 Å². The SMILES string of the molecule is CC(=O)N(C)Cc1cc2nccc(-c3cc(Cl)cc4c3OC(C(=O)N3CCNCC3)C4)c2s1. The monoisotopic (exact) mass is 484 g/mol. The lowest BCUT2D eigenvalue weighted by Gasteiger charge is -2.29. The number of aromatic nitrogens is 1. The topological polar surface area (TPSA) is 74.8 Å². The van der Waals surface area contributed by atoms with Crippen LogP contribution in [-0.2, 0) is 22.6 Å². The highest BCUT2D eigenvalue weighted by Gasteiger charge is 2.35. The van der Waals surface area contributed by atoms with Crippen LogP contribution in [0.5, 0.6) is 5.75 Å². The molecule has 2 aromatic heterocycles. The second kappa shape index (κ2) is 8.93. The fourth-order valence-corrected chi connectivity index (χ4v) is 5.81. The number of hydrogen-bond acceptors (Lipinski definition) is 6. The molecule has 0 spiro atoms. The molecule has 1 saturated heterocycles. The van der Waals surface area contributed by atoms with Crippen LogP contribution < -0.4 is 10.1 Å². The molecule has 1 atom stereocenters. The van der Waals surface area contributed by atoms with Gasteiger partial charge >= 0.3 is 0 Å². The normalized spacial score (nSPS) is 17.7. The third kappa shape index (κ3) is 4.30. The standard InChI is InChI=1S/C24H25ClN4O3S/c1-14(30)28(2)13-17-12-20-23(33-17)18(3-4-27-20)19-11-16(25)9-15-10-21(32-22(15)19)24(31)29-7-5-26-6-8-29/h3-4,9,11-12,21,26H,5-8,10,13H2,1-2H3. The van der Waals surface area contributed by atoms with Crippen molar-refractivity contribution in [3.63, 3.8) is 0 Å². The van der Waals surface area contributed by atoms with Crippen molar-refractivity contribution in [2.45, 2.75) is 26.0 Å². The van der Waals surface area contributed by atoms with Crippen LogP contribution in [0, 0.1) is 0 Å². The molecule has 0 radical (unpaired) electrons. The summed E-state index contributed by atoms with van der Waals surface area (Å²) in [5.74, 6) is 0.762. The summed E-state index contributed by atoms with van der Waals surface area (Å²) in [6.45, 7) is 5.08. The Hall–Kier alpha value is -2.68. The number of halogens is 1. The molecule has 2 aliphatic heterocycles. The number of hydrogen-bond donors (Lipinski definition) is 1. The number of fused-ring (bicyclic) bond motifs is 2. The first-order valence-corrected chi connectivity index (χ1v) is 12.2. The predicted molar refractivity (Wildman–Crippen MR) is 130 cm³/mol. The molecule has 5 rings (SSSR count). The van der Waals surface area contributed by atoms with E-state index in [0.717, 1.165) is 50.6 Å². The first kappa shape index (κ1) is 22.1. The molecular formula is C24H25ClN4O3S. The molecule has 0 aliphatic carbocycles. The zero-order valence-electron chi connectivity index (χ0n) is 18.6. The van der Waals surface area contributed by atoms with Crippen LogP contribution in [0.2, 0.25) is 5.02 Å². The molecular weight excluding hydrogens is 460 g/mol. The Morgan fingerprint density at radius 2 is 2.06 bits per heavy atom. The smallest absolute Gasteiger partial charge is 0.264 e. The molecule has 1 unspecified atom stereocenters. The summed E-state index contributed by atoms with van der Waals surface area (Å²) in [6.07, 6.45) is 1.75. The van der Waals surface area contributed by atoms with Gasteiger partial charge in [-0.1, -0.05) is 11.6 Å². The number of nitrogens with one attached hydrogen (secondary N) is 1. The van der Waals surface area contributed by atoms with Gasteiger partial charge in [-0.05, 0) is 24.3 Å². The molecule has 9 heteroatoms. The molecule has 4 heterocycles. The van der Waals surface area contributed by atoms with E-state index in [-0.39, 0.29) is 11.8 Å². The number of rotatable bonds is 4. The number of carbonyl (C=O) groups excluding carboxylic acids is 2. The van der Waals surface area contributed by atoms with Crippen molar-refractivity contribution >= 4 is 45.0 Å². The molecule has 2 aliphatic rings. The molecule has 0 bridgehead atoms. The number of carbonyl (C=O) groups is 2. The Kier molecular flexibility index (Phi) is 5.99. The van der Waals surface area contributed by atoms with Crippen LogP contribution in [0.15, 0.2) is 30.5 Å². The lowest BCUT2D eigenvalue weighted by atomic mass is 10.0. The van der Waals surface area contributed by atoms with Crippen molar-refractivity contribution < 1.29 is 14.3 Å². The Labute approximate surface area is 201 Å². The minimum absolute atomic E-state index is 0.0156. The van der Waals surface area contributed by atoms with E-state index < -0.39 is 6.10 Å². The van der Waals surface area contributed by atoms with Gasteiger partial charge in [0.15, 0.2) is 6.10 Å². The van der Waals surface area contributed by atoms with Gasteiger partial charge in [0.1, 0.15) is 5.75 Å². The average Bonchev–Trinajstić information content (AvgIpc) is 3.42. The Bertz CT molecular complexity index is 1240. The van der Waals surface area contributed by atoms with Gasteiger partial charge in [-0.15, -0.1) is 11.3 Å². The molecule has 172 valence electrons. The predicted octanol–water partition coefficient (Wildman–Crippen LogP) is 3.33. The van der Waals surface area contributed by atoms with Crippen LogP contribution in [0.4, 0.5) is 0 Å². The summed E-state index contributed by atoms with van der Waals surface area (Å²) in [5.41, 5.74) is 3.65. The van der Waals surface area contributed by atoms with Gasteiger partial charge in [0.25, 0.3) is 5.91 Å². The van der Waals surface area contributed by atoms with E-state index in [9.17, 15) is 9.59 Å². The highest BCUT2D eigenvalue weighted by atomic mass is 35.5. The molecule has 1 aromatic carbocycles. The third-order valence-corrected chi connectivity index (χ3v) is 7.54. The van der Waals surface area contributed by atoms with Crippen LogP contribution >= 0.6 is 22.9 Å². The van der Waals surface area contributed by atoms with Crippen LogP contribution in [-0.4, -0.2) is 65.9 Å². The summed E-state index contributed by atoms with van der Waals surface area (Å²) in [7, 11) is 1.79. The van der Waals surface area contributed by atoms with E-state index in [1.807, 2.05) is 29.2 Å². The van der Waals surface area contributed by atoms with Gasteiger partial charge in [-0.25, -0.2) is 0 Å². The number of amides is 2. The van der Waals surface area contributed by atoms with E-state index in [4.69, 9.17) is 16.3 Å². The fourth-order valence-electron chi connectivity index (χ4n) is 4.37.